The van der Waals surface area contributed by atoms with E-state index in [1.807, 2.05) is 13.0 Å². The molecular formula is C30H44O4. The lowest BCUT2D eigenvalue weighted by atomic mass is 9.34. The predicted octanol–water partition coefficient (Wildman–Crippen LogP) is 6.19. The Kier molecular flexibility index (Phi) is 4.79. The number of carbonyl (C=O) groups is 1. The van der Waals surface area contributed by atoms with Gasteiger partial charge in [-0.15, -0.1) is 0 Å². The zero-order chi connectivity index (χ0) is 24.3. The molecule has 7 aliphatic rings. The van der Waals surface area contributed by atoms with E-state index in [1.54, 1.807) is 0 Å². The monoisotopic (exact) mass is 468 g/mol. The van der Waals surface area contributed by atoms with Gasteiger partial charge in [0.2, 0.25) is 0 Å². The molecule has 3 unspecified atom stereocenters. The Labute approximate surface area is 205 Å². The van der Waals surface area contributed by atoms with Crippen molar-refractivity contribution in [1.29, 1.82) is 0 Å². The first-order chi connectivity index (χ1) is 15.9. The Morgan fingerprint density at radius 3 is 2.41 bits per heavy atom. The van der Waals surface area contributed by atoms with E-state index in [0.29, 0.717) is 23.7 Å². The number of esters is 1. The summed E-state index contributed by atoms with van der Waals surface area (Å²) in [6.45, 7) is 16.8. The van der Waals surface area contributed by atoms with Crippen LogP contribution in [-0.4, -0.2) is 29.6 Å². The van der Waals surface area contributed by atoms with E-state index in [0.717, 1.165) is 43.4 Å². The molecule has 0 amide bonds. The molecule has 4 nitrogen and oxygen atoms in total. The highest BCUT2D eigenvalue weighted by Crippen LogP contribution is 2.77. The molecule has 3 heterocycles. The Balaban J connectivity index is 1.30. The van der Waals surface area contributed by atoms with Gasteiger partial charge in [-0.25, -0.2) is 4.79 Å². The molecule has 4 heteroatoms. The van der Waals surface area contributed by atoms with Crippen LogP contribution >= 0.6 is 0 Å². The van der Waals surface area contributed by atoms with E-state index < -0.39 is 5.79 Å². The molecule has 9 atom stereocenters. The molecule has 7 rings (SSSR count). The maximum absolute atomic E-state index is 12.2. The van der Waals surface area contributed by atoms with E-state index >= 15 is 0 Å². The largest absolute Gasteiger partial charge is 0.454 e. The van der Waals surface area contributed by atoms with Crippen LogP contribution in [0, 0.1) is 45.3 Å². The number of aliphatic hydroxyl groups is 1. The van der Waals surface area contributed by atoms with Gasteiger partial charge < -0.3 is 14.6 Å². The number of ether oxygens (including phenoxy) is 2. The van der Waals surface area contributed by atoms with Gasteiger partial charge in [-0.1, -0.05) is 40.3 Å². The zero-order valence-corrected chi connectivity index (χ0v) is 21.9. The third-order valence-corrected chi connectivity index (χ3v) is 12.9. The summed E-state index contributed by atoms with van der Waals surface area (Å²) in [6.07, 6.45) is 11.9. The van der Waals surface area contributed by atoms with Crippen LogP contribution in [0.5, 0.6) is 0 Å². The fourth-order valence-corrected chi connectivity index (χ4v) is 10.7. The Bertz CT molecular complexity index is 953. The van der Waals surface area contributed by atoms with Crippen molar-refractivity contribution < 1.29 is 19.4 Å². The Morgan fingerprint density at radius 2 is 1.74 bits per heavy atom. The second-order valence-corrected chi connectivity index (χ2v) is 13.9. The van der Waals surface area contributed by atoms with Crippen LogP contribution in [0.4, 0.5) is 0 Å². The van der Waals surface area contributed by atoms with Gasteiger partial charge in [0.1, 0.15) is 6.10 Å². The van der Waals surface area contributed by atoms with Crippen molar-refractivity contribution in [3.8, 4) is 0 Å². The average Bonchev–Trinajstić information content (AvgIpc) is 3.15. The summed E-state index contributed by atoms with van der Waals surface area (Å²) in [5.41, 5.74) is 2.43. The fourth-order valence-electron chi connectivity index (χ4n) is 10.7. The third kappa shape index (κ3) is 2.60. The molecule has 4 saturated carbocycles. The third-order valence-electron chi connectivity index (χ3n) is 12.9. The van der Waals surface area contributed by atoms with Gasteiger partial charge in [-0.2, -0.15) is 0 Å². The van der Waals surface area contributed by atoms with Crippen molar-refractivity contribution >= 4 is 5.97 Å². The second-order valence-electron chi connectivity index (χ2n) is 13.9. The summed E-state index contributed by atoms with van der Waals surface area (Å²) >= 11 is 0. The van der Waals surface area contributed by atoms with Crippen molar-refractivity contribution in [2.45, 2.75) is 104 Å². The number of hydrogen-bond acceptors (Lipinski definition) is 4. The molecule has 1 N–H and O–H groups in total. The van der Waals surface area contributed by atoms with E-state index in [4.69, 9.17) is 9.47 Å². The van der Waals surface area contributed by atoms with Crippen LogP contribution in [0.2, 0.25) is 0 Å². The molecule has 0 radical (unpaired) electrons. The SMILES string of the molecule is C=C([C@@H]1CC=C(C)C(=O)O1)[C@H]1CC[C@]2(C)C1CC[C@@H]1[C@]34CCC(O)(OC3)C(C)(C)C4CC[C@]12C. The van der Waals surface area contributed by atoms with E-state index in [9.17, 15) is 9.90 Å². The summed E-state index contributed by atoms with van der Waals surface area (Å²) in [4.78, 5) is 12.2. The summed E-state index contributed by atoms with van der Waals surface area (Å²) in [6, 6.07) is 0. The zero-order valence-electron chi connectivity index (χ0n) is 21.9. The molecule has 6 fully saturated rings. The lowest BCUT2D eigenvalue weighted by Crippen LogP contribution is -2.73. The van der Waals surface area contributed by atoms with Gasteiger partial charge >= 0.3 is 5.97 Å². The number of fused-ring (bicyclic) bond motifs is 5. The summed E-state index contributed by atoms with van der Waals surface area (Å²) in [7, 11) is 0. The van der Waals surface area contributed by atoms with Crippen molar-refractivity contribution in [2.24, 2.45) is 45.3 Å². The molecule has 0 aromatic rings. The molecule has 188 valence electrons. The lowest BCUT2D eigenvalue weighted by molar-refractivity contribution is -0.398. The van der Waals surface area contributed by atoms with E-state index in [-0.39, 0.29) is 33.7 Å². The molecule has 3 aliphatic heterocycles. The van der Waals surface area contributed by atoms with E-state index in [2.05, 4.69) is 34.3 Å². The van der Waals surface area contributed by atoms with Crippen molar-refractivity contribution in [1.82, 2.24) is 0 Å². The summed E-state index contributed by atoms with van der Waals surface area (Å²) < 4.78 is 12.1. The minimum atomic E-state index is -0.950. The van der Waals surface area contributed by atoms with Crippen molar-refractivity contribution in [2.75, 3.05) is 6.61 Å². The normalized spacial score (nSPS) is 53.3. The highest BCUT2D eigenvalue weighted by molar-refractivity contribution is 5.88. The first-order valence-corrected chi connectivity index (χ1v) is 13.8. The van der Waals surface area contributed by atoms with Gasteiger partial charge in [0.15, 0.2) is 5.79 Å². The first-order valence-electron chi connectivity index (χ1n) is 13.8. The second kappa shape index (κ2) is 7.00. The predicted molar refractivity (Wildman–Crippen MR) is 132 cm³/mol. The minimum absolute atomic E-state index is 0.160. The average molecular weight is 469 g/mol. The van der Waals surface area contributed by atoms with Gasteiger partial charge in [-0.3, -0.25) is 0 Å². The Morgan fingerprint density at radius 1 is 1.00 bits per heavy atom. The van der Waals surface area contributed by atoms with Crippen molar-refractivity contribution in [3.05, 3.63) is 23.8 Å². The standard InChI is InChI=1S/C30H44O4/c1-18-7-9-22(34-25(18)31)19(2)20-11-13-27(5)21(20)8-10-24-28(27,6)14-12-23-26(3,4)30(32)16-15-29(23,24)17-33-30/h7,20-24,32H,2,8-17H2,1,3-6H3/t20-,21?,22+,23?,24+,27-,28-,29-,30?/m1/s1. The van der Waals surface area contributed by atoms with Crippen LogP contribution in [0.25, 0.3) is 0 Å². The minimum Gasteiger partial charge on any atom is -0.454 e. The number of rotatable bonds is 2. The number of cyclic esters (lactones) is 1. The maximum atomic E-state index is 12.2. The van der Waals surface area contributed by atoms with Crippen LogP contribution in [-0.2, 0) is 14.3 Å². The highest BCUT2D eigenvalue weighted by atomic mass is 16.6. The molecule has 1 spiro atoms. The van der Waals surface area contributed by atoms with Gasteiger partial charge in [0.05, 0.1) is 6.61 Å². The highest BCUT2D eigenvalue weighted by Gasteiger charge is 2.74. The first kappa shape index (κ1) is 23.3. The quantitative estimate of drug-likeness (QED) is 0.388. The van der Waals surface area contributed by atoms with Crippen LogP contribution in [0.3, 0.4) is 0 Å². The molecule has 4 aliphatic carbocycles. The summed E-state index contributed by atoms with van der Waals surface area (Å²) in [5.74, 6) is 1.11. The van der Waals surface area contributed by atoms with Crippen LogP contribution < -0.4 is 0 Å². The summed E-state index contributed by atoms with van der Waals surface area (Å²) in [5, 5.41) is 11.3. The topological polar surface area (TPSA) is 55.8 Å². The lowest BCUT2D eigenvalue weighted by Gasteiger charge is -2.74. The molecule has 0 aromatic heterocycles. The number of hydrogen-bond donors (Lipinski definition) is 1. The molecule has 34 heavy (non-hydrogen) atoms. The van der Waals surface area contributed by atoms with Crippen molar-refractivity contribution in [3.63, 3.8) is 0 Å². The van der Waals surface area contributed by atoms with Crippen LogP contribution in [0.15, 0.2) is 23.8 Å². The van der Waals surface area contributed by atoms with Gasteiger partial charge in [0, 0.05) is 29.2 Å². The number of carbonyl (C=O) groups excluding carboxylic acids is 1. The van der Waals surface area contributed by atoms with Gasteiger partial charge in [-0.05, 0) is 91.9 Å². The molecule has 2 saturated heterocycles. The molecule has 2 bridgehead atoms. The molecule has 0 aromatic carbocycles. The van der Waals surface area contributed by atoms with Crippen LogP contribution in [0.1, 0.15) is 92.4 Å². The Hall–Kier alpha value is -1.13. The fraction of sp³-hybridized carbons (Fsp3) is 0.833. The maximum Gasteiger partial charge on any atom is 0.333 e. The van der Waals surface area contributed by atoms with Gasteiger partial charge in [0.25, 0.3) is 0 Å². The molecular weight excluding hydrogens is 424 g/mol. The van der Waals surface area contributed by atoms with E-state index in [1.165, 1.54) is 32.1 Å². The smallest absolute Gasteiger partial charge is 0.333 e.